The zero-order valence-electron chi connectivity index (χ0n) is 14.4. The molecule has 0 saturated carbocycles. The summed E-state index contributed by atoms with van der Waals surface area (Å²) < 4.78 is 5.39. The maximum Gasteiger partial charge on any atom is 0.222 e. The maximum atomic E-state index is 12.2. The van der Waals surface area contributed by atoms with Crippen LogP contribution in [0.1, 0.15) is 49.8 Å². The molecule has 0 spiro atoms. The van der Waals surface area contributed by atoms with Gasteiger partial charge in [0, 0.05) is 38.6 Å². The van der Waals surface area contributed by atoms with E-state index in [1.165, 1.54) is 17.5 Å². The minimum atomic E-state index is 0.333. The predicted octanol–water partition coefficient (Wildman–Crippen LogP) is 3.02. The molecule has 1 aromatic carbocycles. The molecule has 0 aromatic heterocycles. The number of nitrogens with zero attached hydrogens (tertiary/aromatic N) is 2. The average Bonchev–Trinajstić information content (AvgIpc) is 3.02. The fraction of sp³-hybridized carbons (Fsp3) is 0.632. The van der Waals surface area contributed by atoms with Crippen molar-refractivity contribution in [1.82, 2.24) is 9.80 Å². The van der Waals surface area contributed by atoms with Crippen molar-refractivity contribution in [3.05, 3.63) is 29.3 Å². The fourth-order valence-electron chi connectivity index (χ4n) is 3.83. The molecule has 4 heteroatoms. The first-order valence-electron chi connectivity index (χ1n) is 8.91. The number of aryl methyl sites for hydroxylation is 1. The van der Waals surface area contributed by atoms with Gasteiger partial charge in [-0.25, -0.2) is 0 Å². The molecular weight excluding hydrogens is 288 g/mol. The summed E-state index contributed by atoms with van der Waals surface area (Å²) in [7, 11) is 1.73. The van der Waals surface area contributed by atoms with E-state index in [1.807, 2.05) is 4.90 Å². The highest BCUT2D eigenvalue weighted by Gasteiger charge is 2.31. The van der Waals surface area contributed by atoms with E-state index in [0.717, 1.165) is 51.2 Å². The van der Waals surface area contributed by atoms with Crippen LogP contribution in [-0.2, 0) is 11.2 Å². The molecule has 0 bridgehead atoms. The molecule has 0 N–H and O–H groups in total. The normalized spacial score (nSPS) is 21.3. The Morgan fingerprint density at radius 1 is 1.26 bits per heavy atom. The van der Waals surface area contributed by atoms with Gasteiger partial charge in [-0.05, 0) is 42.5 Å². The number of unbranched alkanes of at least 4 members (excludes halogenated alkanes) is 1. The van der Waals surface area contributed by atoms with E-state index >= 15 is 0 Å². The van der Waals surface area contributed by atoms with Gasteiger partial charge in [-0.15, -0.1) is 0 Å². The van der Waals surface area contributed by atoms with Crippen molar-refractivity contribution in [1.29, 1.82) is 0 Å². The third kappa shape index (κ3) is 3.52. The van der Waals surface area contributed by atoms with Crippen molar-refractivity contribution in [2.24, 2.45) is 0 Å². The van der Waals surface area contributed by atoms with Crippen molar-refractivity contribution >= 4 is 5.91 Å². The number of ether oxygens (including phenoxy) is 1. The second-order valence-electron chi connectivity index (χ2n) is 6.64. The molecule has 1 aliphatic heterocycles. The summed E-state index contributed by atoms with van der Waals surface area (Å²) in [5, 5.41) is 0. The minimum absolute atomic E-state index is 0.333. The minimum Gasteiger partial charge on any atom is -0.497 e. The molecule has 1 heterocycles. The second-order valence-corrected chi connectivity index (χ2v) is 6.64. The SMILES string of the molecule is CCCCC(=O)N1CCN(C2CCc3ccc(OC)cc32)CC1. The summed E-state index contributed by atoms with van der Waals surface area (Å²) >= 11 is 0. The molecular formula is C19H28N2O2. The lowest BCUT2D eigenvalue weighted by Crippen LogP contribution is -2.49. The molecule has 4 nitrogen and oxygen atoms in total. The topological polar surface area (TPSA) is 32.8 Å². The number of benzene rings is 1. The molecule has 1 aliphatic carbocycles. The van der Waals surface area contributed by atoms with E-state index in [9.17, 15) is 4.79 Å². The van der Waals surface area contributed by atoms with Crippen LogP contribution in [-0.4, -0.2) is 49.0 Å². The van der Waals surface area contributed by atoms with E-state index in [-0.39, 0.29) is 0 Å². The first-order valence-corrected chi connectivity index (χ1v) is 8.91. The van der Waals surface area contributed by atoms with Gasteiger partial charge in [-0.2, -0.15) is 0 Å². The number of fused-ring (bicyclic) bond motifs is 1. The number of hydrogen-bond donors (Lipinski definition) is 0. The molecule has 23 heavy (non-hydrogen) atoms. The summed E-state index contributed by atoms with van der Waals surface area (Å²) in [6, 6.07) is 6.96. The molecule has 1 aromatic rings. The number of methoxy groups -OCH3 is 1. The van der Waals surface area contributed by atoms with Crippen LogP contribution in [0.3, 0.4) is 0 Å². The summed E-state index contributed by atoms with van der Waals surface area (Å²) in [6.07, 6.45) is 5.15. The largest absolute Gasteiger partial charge is 0.497 e. The lowest BCUT2D eigenvalue weighted by atomic mass is 10.1. The first kappa shape index (κ1) is 16.3. The van der Waals surface area contributed by atoms with Crippen LogP contribution >= 0.6 is 0 Å². The van der Waals surface area contributed by atoms with Gasteiger partial charge in [0.25, 0.3) is 0 Å². The Hall–Kier alpha value is -1.55. The van der Waals surface area contributed by atoms with Crippen LogP contribution in [0.15, 0.2) is 18.2 Å². The third-order valence-electron chi connectivity index (χ3n) is 5.25. The lowest BCUT2D eigenvalue weighted by molar-refractivity contribution is -0.133. The number of rotatable bonds is 5. The maximum absolute atomic E-state index is 12.2. The van der Waals surface area contributed by atoms with Crippen LogP contribution in [0.4, 0.5) is 0 Å². The number of carbonyl (C=O) groups excluding carboxylic acids is 1. The molecule has 1 fully saturated rings. The predicted molar refractivity (Wildman–Crippen MR) is 91.7 cm³/mol. The molecule has 1 saturated heterocycles. The quantitative estimate of drug-likeness (QED) is 0.837. The van der Waals surface area contributed by atoms with Crippen molar-refractivity contribution in [2.45, 2.75) is 45.1 Å². The van der Waals surface area contributed by atoms with Crippen molar-refractivity contribution in [3.8, 4) is 5.75 Å². The number of piperazine rings is 1. The molecule has 2 aliphatic rings. The average molecular weight is 316 g/mol. The van der Waals surface area contributed by atoms with E-state index in [2.05, 4.69) is 30.0 Å². The van der Waals surface area contributed by atoms with E-state index in [0.29, 0.717) is 18.4 Å². The van der Waals surface area contributed by atoms with Crippen molar-refractivity contribution < 1.29 is 9.53 Å². The first-order chi connectivity index (χ1) is 11.2. The van der Waals surface area contributed by atoms with Gasteiger partial charge >= 0.3 is 0 Å². The Balaban J connectivity index is 1.60. The van der Waals surface area contributed by atoms with Crippen LogP contribution in [0.25, 0.3) is 0 Å². The zero-order chi connectivity index (χ0) is 16.2. The van der Waals surface area contributed by atoms with E-state index in [4.69, 9.17) is 4.74 Å². The third-order valence-corrected chi connectivity index (χ3v) is 5.25. The van der Waals surface area contributed by atoms with Gasteiger partial charge < -0.3 is 9.64 Å². The Labute approximate surface area is 139 Å². The summed E-state index contributed by atoms with van der Waals surface area (Å²) in [4.78, 5) is 16.8. The summed E-state index contributed by atoms with van der Waals surface area (Å²) in [6.45, 7) is 5.85. The highest BCUT2D eigenvalue weighted by Crippen LogP contribution is 2.38. The van der Waals surface area contributed by atoms with Crippen LogP contribution in [0.2, 0.25) is 0 Å². The number of carbonyl (C=O) groups is 1. The standard InChI is InChI=1S/C19H28N2O2/c1-3-4-5-19(22)21-12-10-20(11-13-21)18-9-7-15-6-8-16(23-2)14-17(15)18/h6,8,14,18H,3-5,7,9-13H2,1-2H3. The molecule has 1 atom stereocenters. The van der Waals surface area contributed by atoms with E-state index < -0.39 is 0 Å². The van der Waals surface area contributed by atoms with Gasteiger partial charge in [-0.3, -0.25) is 9.69 Å². The number of amides is 1. The highest BCUT2D eigenvalue weighted by molar-refractivity contribution is 5.76. The van der Waals surface area contributed by atoms with Gasteiger partial charge in [-0.1, -0.05) is 19.4 Å². The smallest absolute Gasteiger partial charge is 0.222 e. The molecule has 1 amide bonds. The Bertz CT molecular complexity index is 550. The van der Waals surface area contributed by atoms with Gasteiger partial charge in [0.1, 0.15) is 5.75 Å². The Morgan fingerprint density at radius 3 is 2.74 bits per heavy atom. The van der Waals surface area contributed by atoms with Crippen LogP contribution < -0.4 is 4.74 Å². The van der Waals surface area contributed by atoms with Crippen molar-refractivity contribution in [3.63, 3.8) is 0 Å². The van der Waals surface area contributed by atoms with Gasteiger partial charge in [0.2, 0.25) is 5.91 Å². The summed E-state index contributed by atoms with van der Waals surface area (Å²) in [5.41, 5.74) is 2.88. The monoisotopic (exact) mass is 316 g/mol. The lowest BCUT2D eigenvalue weighted by Gasteiger charge is -2.38. The molecule has 126 valence electrons. The molecule has 3 rings (SSSR count). The second kappa shape index (κ2) is 7.35. The van der Waals surface area contributed by atoms with Crippen LogP contribution in [0.5, 0.6) is 5.75 Å². The molecule has 0 radical (unpaired) electrons. The highest BCUT2D eigenvalue weighted by atomic mass is 16.5. The Kier molecular flexibility index (Phi) is 5.21. The number of hydrogen-bond acceptors (Lipinski definition) is 3. The van der Waals surface area contributed by atoms with Crippen LogP contribution in [0, 0.1) is 0 Å². The fourth-order valence-corrected chi connectivity index (χ4v) is 3.83. The summed E-state index contributed by atoms with van der Waals surface area (Å²) in [5.74, 6) is 1.28. The van der Waals surface area contributed by atoms with Gasteiger partial charge in [0.15, 0.2) is 0 Å². The zero-order valence-corrected chi connectivity index (χ0v) is 14.4. The molecule has 1 unspecified atom stereocenters. The van der Waals surface area contributed by atoms with E-state index in [1.54, 1.807) is 7.11 Å². The van der Waals surface area contributed by atoms with Gasteiger partial charge in [0.05, 0.1) is 7.11 Å². The van der Waals surface area contributed by atoms with Crippen molar-refractivity contribution in [2.75, 3.05) is 33.3 Å². The Morgan fingerprint density at radius 2 is 2.04 bits per heavy atom.